The summed E-state index contributed by atoms with van der Waals surface area (Å²) in [5.74, 6) is 0.298. The fraction of sp³-hybridized carbons (Fsp3) is 0.0588. The minimum absolute atomic E-state index is 0.298. The van der Waals surface area contributed by atoms with E-state index in [1.165, 1.54) is 16.7 Å². The number of benzene rings is 2. The van der Waals surface area contributed by atoms with Gasteiger partial charge in [0.1, 0.15) is 0 Å². The summed E-state index contributed by atoms with van der Waals surface area (Å²) >= 11 is 0. The lowest BCUT2D eigenvalue weighted by atomic mass is 9.98. The van der Waals surface area contributed by atoms with E-state index in [-0.39, 0.29) is 0 Å². The summed E-state index contributed by atoms with van der Waals surface area (Å²) in [6.07, 6.45) is 1.69. The molecule has 0 radical (unpaired) electrons. The number of aromatic nitrogens is 2. The molecule has 3 heteroatoms. The van der Waals surface area contributed by atoms with Gasteiger partial charge in [-0.2, -0.15) is 0 Å². The molecule has 1 aromatic heterocycles. The molecule has 0 unspecified atom stereocenters. The van der Waals surface area contributed by atoms with E-state index in [1.54, 1.807) is 6.20 Å². The molecule has 3 rings (SSSR count). The van der Waals surface area contributed by atoms with Crippen molar-refractivity contribution >= 4 is 5.95 Å². The molecule has 20 heavy (non-hydrogen) atoms. The second-order valence-electron chi connectivity index (χ2n) is 4.70. The van der Waals surface area contributed by atoms with Crippen LogP contribution in [0.15, 0.2) is 60.8 Å². The summed E-state index contributed by atoms with van der Waals surface area (Å²) in [6.45, 7) is 2.07. The maximum Gasteiger partial charge on any atom is 0.220 e. The molecule has 0 amide bonds. The lowest BCUT2D eigenvalue weighted by Gasteiger charge is -2.09. The number of hydrogen-bond acceptors (Lipinski definition) is 3. The van der Waals surface area contributed by atoms with Gasteiger partial charge in [-0.3, -0.25) is 0 Å². The van der Waals surface area contributed by atoms with Crippen LogP contribution in [0.2, 0.25) is 0 Å². The highest BCUT2D eigenvalue weighted by Crippen LogP contribution is 2.28. The van der Waals surface area contributed by atoms with Crippen LogP contribution in [0.3, 0.4) is 0 Å². The molecule has 0 atom stereocenters. The molecular weight excluding hydrogens is 246 g/mol. The van der Waals surface area contributed by atoms with Crippen molar-refractivity contribution in [3.05, 3.63) is 66.4 Å². The topological polar surface area (TPSA) is 51.8 Å². The molecule has 0 aliphatic carbocycles. The molecule has 0 fully saturated rings. The van der Waals surface area contributed by atoms with Crippen LogP contribution >= 0.6 is 0 Å². The summed E-state index contributed by atoms with van der Waals surface area (Å²) in [6, 6.07) is 18.6. The lowest BCUT2D eigenvalue weighted by molar-refractivity contribution is 1.18. The summed E-state index contributed by atoms with van der Waals surface area (Å²) in [5.41, 5.74) is 11.1. The first-order chi connectivity index (χ1) is 9.74. The SMILES string of the molecule is Cc1ccc(-c2ccccc2)cc1-c1ccnc(N)n1. The fourth-order valence-corrected chi connectivity index (χ4v) is 2.23. The van der Waals surface area contributed by atoms with Crippen molar-refractivity contribution in [2.45, 2.75) is 6.92 Å². The van der Waals surface area contributed by atoms with Gasteiger partial charge in [-0.25, -0.2) is 9.97 Å². The Balaban J connectivity index is 2.12. The second kappa shape index (κ2) is 5.13. The number of nitrogens with zero attached hydrogens (tertiary/aromatic N) is 2. The zero-order chi connectivity index (χ0) is 13.9. The van der Waals surface area contributed by atoms with Crippen molar-refractivity contribution in [1.29, 1.82) is 0 Å². The van der Waals surface area contributed by atoms with Gasteiger partial charge in [-0.15, -0.1) is 0 Å². The smallest absolute Gasteiger partial charge is 0.220 e. The van der Waals surface area contributed by atoms with E-state index in [4.69, 9.17) is 5.73 Å². The number of rotatable bonds is 2. The van der Waals surface area contributed by atoms with Gasteiger partial charge < -0.3 is 5.73 Å². The molecule has 0 saturated carbocycles. The van der Waals surface area contributed by atoms with Crippen LogP contribution in [-0.2, 0) is 0 Å². The molecule has 0 bridgehead atoms. The van der Waals surface area contributed by atoms with Crippen molar-refractivity contribution in [2.24, 2.45) is 0 Å². The van der Waals surface area contributed by atoms with Gasteiger partial charge in [0.2, 0.25) is 5.95 Å². The van der Waals surface area contributed by atoms with Gasteiger partial charge >= 0.3 is 0 Å². The number of hydrogen-bond donors (Lipinski definition) is 1. The number of nitrogen functional groups attached to an aromatic ring is 1. The van der Waals surface area contributed by atoms with E-state index < -0.39 is 0 Å². The molecule has 2 N–H and O–H groups in total. The Bertz CT molecular complexity index is 736. The quantitative estimate of drug-likeness (QED) is 0.765. The van der Waals surface area contributed by atoms with Crippen molar-refractivity contribution in [2.75, 3.05) is 5.73 Å². The van der Waals surface area contributed by atoms with Crippen LogP contribution in [0, 0.1) is 6.92 Å². The number of anilines is 1. The Kier molecular flexibility index (Phi) is 3.17. The molecule has 98 valence electrons. The Labute approximate surface area is 118 Å². The van der Waals surface area contributed by atoms with E-state index in [0.717, 1.165) is 11.3 Å². The zero-order valence-corrected chi connectivity index (χ0v) is 11.2. The Morgan fingerprint density at radius 2 is 1.70 bits per heavy atom. The van der Waals surface area contributed by atoms with Crippen LogP contribution in [0.25, 0.3) is 22.4 Å². The maximum atomic E-state index is 5.67. The highest BCUT2D eigenvalue weighted by atomic mass is 15.0. The van der Waals surface area contributed by atoms with E-state index in [2.05, 4.69) is 47.2 Å². The largest absolute Gasteiger partial charge is 0.368 e. The van der Waals surface area contributed by atoms with Crippen molar-refractivity contribution in [3.8, 4) is 22.4 Å². The minimum atomic E-state index is 0.298. The molecular formula is C17H15N3. The molecule has 3 nitrogen and oxygen atoms in total. The van der Waals surface area contributed by atoms with Gasteiger partial charge in [0.15, 0.2) is 0 Å². The Morgan fingerprint density at radius 1 is 0.900 bits per heavy atom. The highest BCUT2D eigenvalue weighted by Gasteiger charge is 2.06. The van der Waals surface area contributed by atoms with Gasteiger partial charge in [0, 0.05) is 11.8 Å². The second-order valence-corrected chi connectivity index (χ2v) is 4.70. The predicted octanol–water partition coefficient (Wildman–Crippen LogP) is 3.70. The Morgan fingerprint density at radius 3 is 2.45 bits per heavy atom. The first-order valence-corrected chi connectivity index (χ1v) is 6.49. The van der Waals surface area contributed by atoms with Gasteiger partial charge in [0.25, 0.3) is 0 Å². The van der Waals surface area contributed by atoms with E-state index >= 15 is 0 Å². The van der Waals surface area contributed by atoms with E-state index in [1.807, 2.05) is 24.3 Å². The third kappa shape index (κ3) is 2.38. The third-order valence-electron chi connectivity index (χ3n) is 3.29. The van der Waals surface area contributed by atoms with Gasteiger partial charge in [-0.1, -0.05) is 42.5 Å². The molecule has 0 saturated heterocycles. The maximum absolute atomic E-state index is 5.67. The average Bonchev–Trinajstić information content (AvgIpc) is 2.48. The van der Waals surface area contributed by atoms with Crippen molar-refractivity contribution in [1.82, 2.24) is 9.97 Å². The molecule has 0 spiro atoms. The average molecular weight is 261 g/mol. The molecule has 2 aromatic carbocycles. The normalized spacial score (nSPS) is 10.4. The molecule has 1 heterocycles. The molecule has 3 aromatic rings. The van der Waals surface area contributed by atoms with Crippen molar-refractivity contribution in [3.63, 3.8) is 0 Å². The fourth-order valence-electron chi connectivity index (χ4n) is 2.23. The third-order valence-corrected chi connectivity index (χ3v) is 3.29. The van der Waals surface area contributed by atoms with Crippen LogP contribution in [0.4, 0.5) is 5.95 Å². The monoisotopic (exact) mass is 261 g/mol. The summed E-state index contributed by atoms with van der Waals surface area (Å²) in [4.78, 5) is 8.25. The van der Waals surface area contributed by atoms with Gasteiger partial charge in [0.05, 0.1) is 5.69 Å². The lowest BCUT2D eigenvalue weighted by Crippen LogP contribution is -1.96. The Hall–Kier alpha value is -2.68. The van der Waals surface area contributed by atoms with Crippen LogP contribution in [-0.4, -0.2) is 9.97 Å². The molecule has 0 aliphatic heterocycles. The summed E-state index contributed by atoms with van der Waals surface area (Å²) in [5, 5.41) is 0. The van der Waals surface area contributed by atoms with Crippen molar-refractivity contribution < 1.29 is 0 Å². The zero-order valence-electron chi connectivity index (χ0n) is 11.2. The van der Waals surface area contributed by atoms with Crippen LogP contribution in [0.5, 0.6) is 0 Å². The minimum Gasteiger partial charge on any atom is -0.368 e. The first kappa shape index (κ1) is 12.4. The van der Waals surface area contributed by atoms with Crippen LogP contribution < -0.4 is 5.73 Å². The van der Waals surface area contributed by atoms with E-state index in [9.17, 15) is 0 Å². The van der Waals surface area contributed by atoms with Crippen LogP contribution in [0.1, 0.15) is 5.56 Å². The van der Waals surface area contributed by atoms with E-state index in [0.29, 0.717) is 5.95 Å². The van der Waals surface area contributed by atoms with Gasteiger partial charge in [-0.05, 0) is 35.7 Å². The summed E-state index contributed by atoms with van der Waals surface area (Å²) < 4.78 is 0. The first-order valence-electron chi connectivity index (χ1n) is 6.49. The number of aryl methyl sites for hydroxylation is 1. The standard InChI is InChI=1S/C17H15N3/c1-12-7-8-14(13-5-3-2-4-6-13)11-15(12)16-9-10-19-17(18)20-16/h2-11H,1H3,(H2,18,19,20). The predicted molar refractivity (Wildman–Crippen MR) is 82.1 cm³/mol. The summed E-state index contributed by atoms with van der Waals surface area (Å²) in [7, 11) is 0. The molecule has 0 aliphatic rings. The highest BCUT2D eigenvalue weighted by molar-refractivity contribution is 5.73. The number of nitrogens with two attached hydrogens (primary N) is 1.